The van der Waals surface area contributed by atoms with E-state index in [0.29, 0.717) is 10.6 Å². The molecule has 0 saturated heterocycles. The van der Waals surface area contributed by atoms with Crippen molar-refractivity contribution in [3.63, 3.8) is 0 Å². The fourth-order valence-electron chi connectivity index (χ4n) is 4.12. The Labute approximate surface area is 149 Å². The Kier molecular flexibility index (Phi) is 3.84. The molecule has 1 aliphatic heterocycles. The van der Waals surface area contributed by atoms with Gasteiger partial charge in [0.15, 0.2) is 0 Å². The second kappa shape index (κ2) is 5.80. The van der Waals surface area contributed by atoms with E-state index < -0.39 is 17.8 Å². The third-order valence-electron chi connectivity index (χ3n) is 5.33. The molecular weight excluding hydrogens is 347 g/mol. The SMILES string of the molecule is Cc1c(Cl)ccc2c1N[C@H](c1ccccc1C(F)(F)F)[C@H]1CC=C[C@H]21. The molecule has 0 unspecified atom stereocenters. The highest BCUT2D eigenvalue weighted by Gasteiger charge is 2.42. The standard InChI is InChI=1S/C20H17ClF3N/c1-11-17(21)10-9-14-12-6-4-7-13(12)19(25-18(11)14)15-5-2-3-8-16(15)20(22,23)24/h2-6,8-10,12-13,19,25H,7H2,1H3/t12-,13-,19-/m0/s1. The van der Waals surface area contributed by atoms with E-state index in [1.165, 1.54) is 6.07 Å². The fraction of sp³-hybridized carbons (Fsp3) is 0.300. The Balaban J connectivity index is 1.87. The van der Waals surface area contributed by atoms with E-state index in [9.17, 15) is 13.2 Å². The summed E-state index contributed by atoms with van der Waals surface area (Å²) >= 11 is 6.25. The predicted octanol–water partition coefficient (Wildman–Crippen LogP) is 6.49. The summed E-state index contributed by atoms with van der Waals surface area (Å²) in [6.07, 6.45) is 0.569. The highest BCUT2D eigenvalue weighted by Crippen LogP contribution is 2.52. The molecule has 2 aliphatic rings. The number of allylic oxidation sites excluding steroid dienone is 2. The molecule has 0 saturated carbocycles. The van der Waals surface area contributed by atoms with E-state index in [1.54, 1.807) is 12.1 Å². The van der Waals surface area contributed by atoms with Crippen molar-refractivity contribution in [2.75, 3.05) is 5.32 Å². The van der Waals surface area contributed by atoms with Crippen molar-refractivity contribution in [1.29, 1.82) is 0 Å². The lowest BCUT2D eigenvalue weighted by Gasteiger charge is -2.39. The molecule has 3 atom stereocenters. The van der Waals surface area contributed by atoms with Crippen LogP contribution in [0.5, 0.6) is 0 Å². The summed E-state index contributed by atoms with van der Waals surface area (Å²) in [5, 5.41) is 4.00. The van der Waals surface area contributed by atoms with Crippen molar-refractivity contribution in [2.45, 2.75) is 31.5 Å². The smallest absolute Gasteiger partial charge is 0.377 e. The van der Waals surface area contributed by atoms with E-state index in [0.717, 1.165) is 29.3 Å². The molecule has 25 heavy (non-hydrogen) atoms. The summed E-state index contributed by atoms with van der Waals surface area (Å²) < 4.78 is 40.6. The molecule has 0 bridgehead atoms. The van der Waals surface area contributed by atoms with Gasteiger partial charge in [-0.05, 0) is 48.1 Å². The zero-order valence-corrected chi connectivity index (χ0v) is 14.3. The second-order valence-electron chi connectivity index (χ2n) is 6.70. The summed E-state index contributed by atoms with van der Waals surface area (Å²) in [6.45, 7) is 1.90. The lowest BCUT2D eigenvalue weighted by Crippen LogP contribution is -2.31. The quantitative estimate of drug-likeness (QED) is 0.571. The van der Waals surface area contributed by atoms with Gasteiger partial charge < -0.3 is 5.32 Å². The van der Waals surface area contributed by atoms with Gasteiger partial charge in [0.25, 0.3) is 0 Å². The summed E-state index contributed by atoms with van der Waals surface area (Å²) in [5.41, 5.74) is 2.59. The first-order chi connectivity index (χ1) is 11.9. The summed E-state index contributed by atoms with van der Waals surface area (Å²) in [7, 11) is 0. The molecule has 0 aromatic heterocycles. The minimum absolute atomic E-state index is 0.0663. The highest BCUT2D eigenvalue weighted by molar-refractivity contribution is 6.31. The largest absolute Gasteiger partial charge is 0.416 e. The molecule has 1 nitrogen and oxygen atoms in total. The van der Waals surface area contributed by atoms with Gasteiger partial charge in [-0.2, -0.15) is 13.2 Å². The van der Waals surface area contributed by atoms with E-state index in [-0.39, 0.29) is 11.8 Å². The number of rotatable bonds is 1. The van der Waals surface area contributed by atoms with E-state index in [1.807, 2.05) is 19.1 Å². The molecule has 1 N–H and O–H groups in total. The molecule has 0 amide bonds. The van der Waals surface area contributed by atoms with Crippen LogP contribution >= 0.6 is 11.6 Å². The monoisotopic (exact) mass is 363 g/mol. The predicted molar refractivity (Wildman–Crippen MR) is 94.0 cm³/mol. The van der Waals surface area contributed by atoms with Crippen LogP contribution < -0.4 is 5.32 Å². The molecule has 0 fully saturated rings. The molecule has 1 heterocycles. The van der Waals surface area contributed by atoms with Crippen molar-refractivity contribution in [3.05, 3.63) is 75.8 Å². The molecule has 130 valence electrons. The minimum atomic E-state index is -4.37. The Morgan fingerprint density at radius 1 is 1.08 bits per heavy atom. The zero-order chi connectivity index (χ0) is 17.8. The van der Waals surface area contributed by atoms with Gasteiger partial charge in [-0.25, -0.2) is 0 Å². The summed E-state index contributed by atoms with van der Waals surface area (Å²) in [6, 6.07) is 9.30. The van der Waals surface area contributed by atoms with Crippen molar-refractivity contribution in [3.8, 4) is 0 Å². The van der Waals surface area contributed by atoms with Crippen LogP contribution in [-0.2, 0) is 6.18 Å². The highest BCUT2D eigenvalue weighted by atomic mass is 35.5. The molecule has 1 aliphatic carbocycles. The van der Waals surface area contributed by atoms with Gasteiger partial charge in [0.1, 0.15) is 0 Å². The zero-order valence-electron chi connectivity index (χ0n) is 13.6. The minimum Gasteiger partial charge on any atom is -0.377 e. The van der Waals surface area contributed by atoms with Crippen LogP contribution in [0.15, 0.2) is 48.6 Å². The number of nitrogens with one attached hydrogen (secondary N) is 1. The van der Waals surface area contributed by atoms with Crippen LogP contribution in [-0.4, -0.2) is 0 Å². The third-order valence-corrected chi connectivity index (χ3v) is 5.74. The van der Waals surface area contributed by atoms with Crippen LogP contribution in [0.1, 0.15) is 40.6 Å². The van der Waals surface area contributed by atoms with E-state index in [2.05, 4.69) is 17.5 Å². The van der Waals surface area contributed by atoms with Crippen molar-refractivity contribution in [2.24, 2.45) is 5.92 Å². The van der Waals surface area contributed by atoms with Crippen LogP contribution in [0.3, 0.4) is 0 Å². The van der Waals surface area contributed by atoms with Crippen LogP contribution in [0, 0.1) is 12.8 Å². The Morgan fingerprint density at radius 2 is 1.84 bits per heavy atom. The Morgan fingerprint density at radius 3 is 2.60 bits per heavy atom. The number of hydrogen-bond acceptors (Lipinski definition) is 1. The average Bonchev–Trinajstić information content (AvgIpc) is 3.06. The number of halogens is 4. The van der Waals surface area contributed by atoms with E-state index >= 15 is 0 Å². The molecular formula is C20H17ClF3N. The molecule has 2 aromatic carbocycles. The molecule has 2 aromatic rings. The normalized spacial score (nSPS) is 24.6. The Bertz CT molecular complexity index is 857. The van der Waals surface area contributed by atoms with Crippen molar-refractivity contribution < 1.29 is 13.2 Å². The van der Waals surface area contributed by atoms with Gasteiger partial charge in [0, 0.05) is 16.6 Å². The summed E-state index contributed by atoms with van der Waals surface area (Å²) in [4.78, 5) is 0. The molecule has 0 spiro atoms. The maximum Gasteiger partial charge on any atom is 0.416 e. The van der Waals surface area contributed by atoms with Crippen LogP contribution in [0.25, 0.3) is 0 Å². The first-order valence-corrected chi connectivity index (χ1v) is 8.64. The number of anilines is 1. The second-order valence-corrected chi connectivity index (χ2v) is 7.10. The van der Waals surface area contributed by atoms with Crippen molar-refractivity contribution >= 4 is 17.3 Å². The van der Waals surface area contributed by atoms with Crippen LogP contribution in [0.2, 0.25) is 5.02 Å². The van der Waals surface area contributed by atoms with Gasteiger partial charge >= 0.3 is 6.18 Å². The maximum absolute atomic E-state index is 13.5. The Hall–Kier alpha value is -1.94. The fourth-order valence-corrected chi connectivity index (χ4v) is 4.28. The first-order valence-electron chi connectivity index (χ1n) is 8.26. The van der Waals surface area contributed by atoms with Gasteiger partial charge in [0.05, 0.1) is 11.6 Å². The van der Waals surface area contributed by atoms with Gasteiger partial charge in [-0.15, -0.1) is 0 Å². The first kappa shape index (κ1) is 16.5. The summed E-state index contributed by atoms with van der Waals surface area (Å²) in [5.74, 6) is 0.176. The van der Waals surface area contributed by atoms with E-state index in [4.69, 9.17) is 11.6 Å². The number of fused-ring (bicyclic) bond motifs is 3. The molecule has 5 heteroatoms. The topological polar surface area (TPSA) is 12.0 Å². The number of benzene rings is 2. The number of alkyl halides is 3. The third kappa shape index (κ3) is 2.63. The van der Waals surface area contributed by atoms with Gasteiger partial charge in [-0.1, -0.05) is 48.0 Å². The maximum atomic E-state index is 13.5. The van der Waals surface area contributed by atoms with Crippen molar-refractivity contribution in [1.82, 2.24) is 0 Å². The molecule has 4 rings (SSSR count). The van der Waals surface area contributed by atoms with Gasteiger partial charge in [-0.3, -0.25) is 0 Å². The lowest BCUT2D eigenvalue weighted by atomic mass is 9.75. The van der Waals surface area contributed by atoms with Crippen LogP contribution in [0.4, 0.5) is 18.9 Å². The number of hydrogen-bond donors (Lipinski definition) is 1. The lowest BCUT2D eigenvalue weighted by molar-refractivity contribution is -0.138. The molecule has 0 radical (unpaired) electrons. The van der Waals surface area contributed by atoms with Gasteiger partial charge in [0.2, 0.25) is 0 Å². The average molecular weight is 364 g/mol.